The third-order valence-electron chi connectivity index (χ3n) is 3.57. The van der Waals surface area contributed by atoms with Crippen molar-refractivity contribution in [1.29, 1.82) is 0 Å². The molecule has 0 bridgehead atoms. The fourth-order valence-electron chi connectivity index (χ4n) is 2.17. The van der Waals surface area contributed by atoms with Crippen LogP contribution in [0.3, 0.4) is 0 Å². The lowest BCUT2D eigenvalue weighted by molar-refractivity contribution is 0.414. The van der Waals surface area contributed by atoms with Gasteiger partial charge in [0.25, 0.3) is 0 Å². The predicted molar refractivity (Wildman–Crippen MR) is 117 cm³/mol. The first kappa shape index (κ1) is 21.6. The SMILES string of the molecule is COc1ccccc1/C=C/[C@@H](NS(=O)(=O)c1ccc(C)cc1)C(Br)(Br)Br. The number of hydrogen-bond donors (Lipinski definition) is 1. The molecule has 2 aromatic rings. The lowest BCUT2D eigenvalue weighted by Crippen LogP contribution is -2.41. The largest absolute Gasteiger partial charge is 0.496 e. The molecule has 0 saturated heterocycles. The van der Waals surface area contributed by atoms with E-state index in [1.165, 1.54) is 0 Å². The normalized spacial score (nSPS) is 13.7. The van der Waals surface area contributed by atoms with Gasteiger partial charge in [-0.25, -0.2) is 13.1 Å². The lowest BCUT2D eigenvalue weighted by atomic mass is 10.1. The van der Waals surface area contributed by atoms with Gasteiger partial charge >= 0.3 is 0 Å². The molecule has 0 aliphatic carbocycles. The van der Waals surface area contributed by atoms with E-state index in [4.69, 9.17) is 4.74 Å². The Labute approximate surface area is 179 Å². The summed E-state index contributed by atoms with van der Waals surface area (Å²) in [5, 5.41) is 0. The molecule has 0 radical (unpaired) electrons. The summed E-state index contributed by atoms with van der Waals surface area (Å²) >= 11 is 10.2. The number of alkyl halides is 3. The smallest absolute Gasteiger partial charge is 0.241 e. The third-order valence-corrected chi connectivity index (χ3v) is 6.51. The van der Waals surface area contributed by atoms with E-state index >= 15 is 0 Å². The van der Waals surface area contributed by atoms with Crippen molar-refractivity contribution in [1.82, 2.24) is 4.72 Å². The van der Waals surface area contributed by atoms with E-state index in [2.05, 4.69) is 52.5 Å². The molecule has 2 rings (SSSR count). The van der Waals surface area contributed by atoms with Crippen LogP contribution in [0.5, 0.6) is 5.75 Å². The fourth-order valence-corrected chi connectivity index (χ4v) is 4.65. The first-order chi connectivity index (χ1) is 12.1. The zero-order valence-corrected chi connectivity index (χ0v) is 19.7. The molecule has 0 aliphatic heterocycles. The van der Waals surface area contributed by atoms with Crippen LogP contribution in [0.2, 0.25) is 0 Å². The Hall–Kier alpha value is -0.670. The highest BCUT2D eigenvalue weighted by Gasteiger charge is 2.32. The van der Waals surface area contributed by atoms with E-state index in [1.807, 2.05) is 31.2 Å². The van der Waals surface area contributed by atoms with Crippen LogP contribution in [0.25, 0.3) is 6.08 Å². The van der Waals surface area contributed by atoms with Crippen LogP contribution in [0.15, 0.2) is 59.5 Å². The van der Waals surface area contributed by atoms with Gasteiger partial charge in [-0.3, -0.25) is 0 Å². The van der Waals surface area contributed by atoms with Gasteiger partial charge in [-0.15, -0.1) is 0 Å². The van der Waals surface area contributed by atoms with E-state index < -0.39 is 18.2 Å². The molecule has 1 atom stereocenters. The highest BCUT2D eigenvalue weighted by molar-refractivity contribution is 9.39. The van der Waals surface area contributed by atoms with E-state index in [-0.39, 0.29) is 4.90 Å². The summed E-state index contributed by atoms with van der Waals surface area (Å²) in [5.74, 6) is 0.702. The molecule has 0 spiro atoms. The van der Waals surface area contributed by atoms with Crippen LogP contribution in [-0.2, 0) is 10.0 Å². The predicted octanol–water partition coefficient (Wildman–Crippen LogP) is 5.20. The number of rotatable bonds is 6. The van der Waals surface area contributed by atoms with Crippen molar-refractivity contribution in [3.63, 3.8) is 0 Å². The highest BCUT2D eigenvalue weighted by Crippen LogP contribution is 2.38. The minimum absolute atomic E-state index is 0.204. The zero-order valence-electron chi connectivity index (χ0n) is 14.1. The van der Waals surface area contributed by atoms with Gasteiger partial charge in [0.05, 0.1) is 18.0 Å². The molecule has 2 aromatic carbocycles. The molecule has 0 fully saturated rings. The van der Waals surface area contributed by atoms with Crippen molar-refractivity contribution in [3.8, 4) is 5.75 Å². The molecule has 0 amide bonds. The fraction of sp³-hybridized carbons (Fsp3) is 0.222. The van der Waals surface area contributed by atoms with E-state index in [1.54, 1.807) is 43.5 Å². The van der Waals surface area contributed by atoms with Crippen LogP contribution in [0, 0.1) is 6.92 Å². The molecular weight excluding hydrogens is 550 g/mol. The highest BCUT2D eigenvalue weighted by atomic mass is 80.0. The number of halogens is 3. The minimum atomic E-state index is -3.70. The molecular formula is C18H18Br3NO3S. The second kappa shape index (κ2) is 9.01. The molecule has 140 valence electrons. The maximum Gasteiger partial charge on any atom is 0.241 e. The van der Waals surface area contributed by atoms with Crippen molar-refractivity contribution < 1.29 is 13.2 Å². The number of hydrogen-bond acceptors (Lipinski definition) is 3. The summed E-state index contributed by atoms with van der Waals surface area (Å²) in [6.07, 6.45) is 3.54. The molecule has 8 heteroatoms. The lowest BCUT2D eigenvalue weighted by Gasteiger charge is -2.24. The topological polar surface area (TPSA) is 55.4 Å². The number of aryl methyl sites for hydroxylation is 1. The molecule has 0 heterocycles. The molecule has 0 unspecified atom stereocenters. The second-order valence-electron chi connectivity index (χ2n) is 5.55. The Morgan fingerprint density at radius 1 is 1.08 bits per heavy atom. The monoisotopic (exact) mass is 565 g/mol. The summed E-state index contributed by atoms with van der Waals surface area (Å²) < 4.78 is 32.5. The van der Waals surface area contributed by atoms with Crippen LogP contribution in [0.4, 0.5) is 0 Å². The Balaban J connectivity index is 2.31. The number of para-hydroxylation sites is 1. The quantitative estimate of drug-likeness (QED) is 0.488. The van der Waals surface area contributed by atoms with Gasteiger partial charge in [0.15, 0.2) is 2.14 Å². The Kier molecular flexibility index (Phi) is 7.50. The van der Waals surface area contributed by atoms with Crippen molar-refractivity contribution in [2.24, 2.45) is 0 Å². The zero-order chi connectivity index (χ0) is 19.4. The molecule has 0 aromatic heterocycles. The van der Waals surface area contributed by atoms with Gasteiger partial charge in [0.1, 0.15) is 5.75 Å². The van der Waals surface area contributed by atoms with Crippen molar-refractivity contribution in [2.45, 2.75) is 20.0 Å². The maximum atomic E-state index is 12.7. The molecule has 26 heavy (non-hydrogen) atoms. The molecule has 1 N–H and O–H groups in total. The average Bonchev–Trinajstić information content (AvgIpc) is 2.58. The molecule has 0 saturated carbocycles. The van der Waals surface area contributed by atoms with Crippen LogP contribution in [0.1, 0.15) is 11.1 Å². The summed E-state index contributed by atoms with van der Waals surface area (Å²) in [6, 6.07) is 13.5. The average molecular weight is 568 g/mol. The minimum Gasteiger partial charge on any atom is -0.496 e. The number of benzene rings is 2. The van der Waals surface area contributed by atoms with Gasteiger partial charge in [0, 0.05) is 5.56 Å². The van der Waals surface area contributed by atoms with Crippen molar-refractivity contribution in [3.05, 3.63) is 65.7 Å². The van der Waals surface area contributed by atoms with Gasteiger partial charge in [-0.2, -0.15) is 0 Å². The number of methoxy groups -OCH3 is 1. The van der Waals surface area contributed by atoms with Gasteiger partial charge in [0.2, 0.25) is 10.0 Å². The second-order valence-corrected chi connectivity index (χ2v) is 14.2. The van der Waals surface area contributed by atoms with Crippen LogP contribution < -0.4 is 9.46 Å². The molecule has 0 aliphatic rings. The maximum absolute atomic E-state index is 12.7. The number of ether oxygens (including phenoxy) is 1. The first-order valence-electron chi connectivity index (χ1n) is 7.60. The standard InChI is InChI=1S/C18H18Br3NO3S/c1-13-7-10-15(11-8-13)26(23,24)22-17(18(19,20)21)12-9-14-5-3-4-6-16(14)25-2/h3-12,17,22H,1-2H3/b12-9+/t17-/m1/s1. The van der Waals surface area contributed by atoms with Crippen LogP contribution >= 0.6 is 47.8 Å². The van der Waals surface area contributed by atoms with Gasteiger partial charge < -0.3 is 4.74 Å². The van der Waals surface area contributed by atoms with Gasteiger partial charge in [-0.05, 0) is 25.1 Å². The summed E-state index contributed by atoms with van der Waals surface area (Å²) in [5.41, 5.74) is 1.83. The summed E-state index contributed by atoms with van der Waals surface area (Å²) in [6.45, 7) is 1.91. The summed E-state index contributed by atoms with van der Waals surface area (Å²) in [4.78, 5) is 0.204. The third kappa shape index (κ3) is 5.92. The van der Waals surface area contributed by atoms with Crippen LogP contribution in [-0.4, -0.2) is 23.7 Å². The van der Waals surface area contributed by atoms with E-state index in [0.29, 0.717) is 5.75 Å². The van der Waals surface area contributed by atoms with Crippen molar-refractivity contribution >= 4 is 63.9 Å². The van der Waals surface area contributed by atoms with Gasteiger partial charge in [-0.1, -0.05) is 95.8 Å². The number of sulfonamides is 1. The number of nitrogens with one attached hydrogen (secondary N) is 1. The van der Waals surface area contributed by atoms with E-state index in [0.717, 1.165) is 11.1 Å². The summed E-state index contributed by atoms with van der Waals surface area (Å²) in [7, 11) is -2.11. The molecule has 4 nitrogen and oxygen atoms in total. The first-order valence-corrected chi connectivity index (χ1v) is 11.5. The van der Waals surface area contributed by atoms with Crippen molar-refractivity contribution in [2.75, 3.05) is 7.11 Å². The van der Waals surface area contributed by atoms with E-state index in [9.17, 15) is 8.42 Å². The Bertz CT molecular complexity index is 875. The Morgan fingerprint density at radius 2 is 1.69 bits per heavy atom. The Morgan fingerprint density at radius 3 is 2.27 bits per heavy atom.